The molecule has 0 aliphatic carbocycles. The van der Waals surface area contributed by atoms with Gasteiger partial charge in [-0.2, -0.15) is 0 Å². The molecule has 4 rings (SSSR count). The van der Waals surface area contributed by atoms with Crippen LogP contribution in [0.4, 0.5) is 28.4 Å². The van der Waals surface area contributed by atoms with E-state index in [1.165, 1.54) is 24.3 Å². The predicted octanol–water partition coefficient (Wildman–Crippen LogP) is 6.06. The molecular formula is C19H11Br2N5O4. The van der Waals surface area contributed by atoms with Crippen molar-refractivity contribution in [1.29, 1.82) is 0 Å². The first kappa shape index (κ1) is 20.0. The third kappa shape index (κ3) is 3.53. The second kappa shape index (κ2) is 7.50. The lowest BCUT2D eigenvalue weighted by atomic mass is 10.1. The van der Waals surface area contributed by atoms with Crippen LogP contribution in [0.15, 0.2) is 57.5 Å². The number of pyridine rings is 1. The van der Waals surface area contributed by atoms with Gasteiger partial charge in [0.1, 0.15) is 0 Å². The second-order valence-electron chi connectivity index (χ2n) is 6.38. The molecule has 9 nitrogen and oxygen atoms in total. The van der Waals surface area contributed by atoms with Gasteiger partial charge in [-0.3, -0.25) is 20.2 Å². The lowest BCUT2D eigenvalue weighted by Crippen LogP contribution is -1.98. The Balaban J connectivity index is 2.00. The van der Waals surface area contributed by atoms with Crippen molar-refractivity contribution in [3.05, 3.63) is 77.7 Å². The molecule has 3 N–H and O–H groups in total. The molecule has 4 aromatic rings. The highest BCUT2D eigenvalue weighted by molar-refractivity contribution is 9.11. The number of fused-ring (bicyclic) bond motifs is 2. The molecule has 0 aliphatic rings. The number of rotatable bonds is 4. The predicted molar refractivity (Wildman–Crippen MR) is 122 cm³/mol. The number of hydrogen-bond donors (Lipinski definition) is 2. The van der Waals surface area contributed by atoms with Crippen LogP contribution in [0.1, 0.15) is 0 Å². The van der Waals surface area contributed by atoms with E-state index in [9.17, 15) is 20.2 Å². The minimum Gasteiger partial charge on any atom is -0.397 e. The van der Waals surface area contributed by atoms with E-state index in [-0.39, 0.29) is 11.4 Å². The second-order valence-corrected chi connectivity index (χ2v) is 8.09. The summed E-state index contributed by atoms with van der Waals surface area (Å²) < 4.78 is 1.35. The van der Waals surface area contributed by atoms with Gasteiger partial charge < -0.3 is 11.1 Å². The highest BCUT2D eigenvalue weighted by Gasteiger charge is 2.17. The minimum absolute atomic E-state index is 0.122. The largest absolute Gasteiger partial charge is 0.397 e. The Labute approximate surface area is 185 Å². The summed E-state index contributed by atoms with van der Waals surface area (Å²) in [7, 11) is 0. The number of benzene rings is 3. The summed E-state index contributed by atoms with van der Waals surface area (Å²) in [5.74, 6) is 0. The summed E-state index contributed by atoms with van der Waals surface area (Å²) in [6.45, 7) is 0. The van der Waals surface area contributed by atoms with E-state index in [4.69, 9.17) is 5.73 Å². The minimum atomic E-state index is -0.514. The smallest absolute Gasteiger partial charge is 0.271 e. The number of halogens is 2. The van der Waals surface area contributed by atoms with E-state index in [0.717, 1.165) is 0 Å². The molecule has 3 aromatic carbocycles. The zero-order chi connectivity index (χ0) is 21.6. The van der Waals surface area contributed by atoms with Gasteiger partial charge in [0.2, 0.25) is 0 Å². The van der Waals surface area contributed by atoms with Crippen molar-refractivity contribution in [3.8, 4) is 0 Å². The first-order chi connectivity index (χ1) is 14.2. The van der Waals surface area contributed by atoms with Crippen LogP contribution in [-0.4, -0.2) is 14.8 Å². The Bertz CT molecular complexity index is 1280. The van der Waals surface area contributed by atoms with Crippen molar-refractivity contribution in [2.24, 2.45) is 0 Å². The van der Waals surface area contributed by atoms with Gasteiger partial charge in [-0.15, -0.1) is 0 Å². The third-order valence-corrected chi connectivity index (χ3v) is 5.82. The number of nitrogens with two attached hydrogens (primary N) is 1. The quantitative estimate of drug-likeness (QED) is 0.141. The van der Waals surface area contributed by atoms with E-state index in [1.54, 1.807) is 24.3 Å². The van der Waals surface area contributed by atoms with Crippen LogP contribution in [0.3, 0.4) is 0 Å². The highest BCUT2D eigenvalue weighted by Crippen LogP contribution is 2.38. The molecule has 150 valence electrons. The Hall–Kier alpha value is -3.31. The molecule has 0 spiro atoms. The first-order valence-electron chi connectivity index (χ1n) is 8.42. The molecule has 0 bridgehead atoms. The van der Waals surface area contributed by atoms with Crippen molar-refractivity contribution in [2.45, 2.75) is 0 Å². The van der Waals surface area contributed by atoms with Crippen molar-refractivity contribution < 1.29 is 9.85 Å². The number of nitrogen functional groups attached to an aromatic ring is 1. The van der Waals surface area contributed by atoms with Crippen LogP contribution in [0.25, 0.3) is 21.8 Å². The summed E-state index contributed by atoms with van der Waals surface area (Å²) in [5, 5.41) is 26.9. The van der Waals surface area contributed by atoms with Gasteiger partial charge >= 0.3 is 0 Å². The standard InChI is InChI=1S/C19H11Br2N5O4/c20-14-5-9(6-15(21)18(14)22)23-19-12-3-1-10(25(27)28)7-16(12)24-17-8-11(26(29)30)2-4-13(17)19/h1-8H,22H2,(H,23,24). The summed E-state index contributed by atoms with van der Waals surface area (Å²) in [6.07, 6.45) is 0. The highest BCUT2D eigenvalue weighted by atomic mass is 79.9. The van der Waals surface area contributed by atoms with Crippen LogP contribution in [0.2, 0.25) is 0 Å². The molecule has 0 atom stereocenters. The van der Waals surface area contributed by atoms with Gasteiger partial charge in [0, 0.05) is 49.7 Å². The van der Waals surface area contributed by atoms with Crippen molar-refractivity contribution in [3.63, 3.8) is 0 Å². The summed E-state index contributed by atoms with van der Waals surface area (Å²) in [6, 6.07) is 12.2. The number of nitro groups is 2. The summed E-state index contributed by atoms with van der Waals surface area (Å²) in [4.78, 5) is 25.8. The number of aromatic nitrogens is 1. The normalized spacial score (nSPS) is 11.0. The number of nitrogens with one attached hydrogen (secondary N) is 1. The van der Waals surface area contributed by atoms with E-state index < -0.39 is 9.85 Å². The van der Waals surface area contributed by atoms with E-state index >= 15 is 0 Å². The van der Waals surface area contributed by atoms with E-state index in [1.807, 2.05) is 0 Å². The maximum Gasteiger partial charge on any atom is 0.271 e. The van der Waals surface area contributed by atoms with Gasteiger partial charge in [-0.25, -0.2) is 4.98 Å². The van der Waals surface area contributed by atoms with Gasteiger partial charge in [0.25, 0.3) is 11.4 Å². The maximum absolute atomic E-state index is 11.2. The fraction of sp³-hybridized carbons (Fsp3) is 0. The van der Waals surface area contributed by atoms with Crippen LogP contribution >= 0.6 is 31.9 Å². The van der Waals surface area contributed by atoms with E-state index in [0.29, 0.717) is 47.8 Å². The van der Waals surface area contributed by atoms with Crippen molar-refractivity contribution in [1.82, 2.24) is 4.98 Å². The van der Waals surface area contributed by atoms with Gasteiger partial charge in [-0.05, 0) is 56.1 Å². The molecule has 0 radical (unpaired) electrons. The molecule has 0 saturated carbocycles. The lowest BCUT2D eigenvalue weighted by molar-refractivity contribution is -0.384. The zero-order valence-corrected chi connectivity index (χ0v) is 18.1. The molecule has 0 amide bonds. The molecule has 11 heteroatoms. The topological polar surface area (TPSA) is 137 Å². The van der Waals surface area contributed by atoms with Crippen molar-refractivity contribution >= 4 is 82.1 Å². The summed E-state index contributed by atoms with van der Waals surface area (Å²) in [5.41, 5.74) is 8.24. The Morgan fingerprint density at radius 1 is 0.833 bits per heavy atom. The Morgan fingerprint density at radius 3 is 1.73 bits per heavy atom. The molecular weight excluding hydrogens is 522 g/mol. The van der Waals surface area contributed by atoms with Crippen LogP contribution in [0, 0.1) is 20.2 Å². The number of nitrogens with zero attached hydrogens (tertiary/aromatic N) is 3. The fourth-order valence-electron chi connectivity index (χ4n) is 3.09. The number of hydrogen-bond acceptors (Lipinski definition) is 7. The number of anilines is 3. The average molecular weight is 533 g/mol. The number of nitro benzene ring substituents is 2. The molecule has 1 heterocycles. The van der Waals surface area contributed by atoms with Gasteiger partial charge in [-0.1, -0.05) is 0 Å². The molecule has 0 unspecified atom stereocenters. The molecule has 0 saturated heterocycles. The molecule has 0 aliphatic heterocycles. The lowest BCUT2D eigenvalue weighted by Gasteiger charge is -2.15. The maximum atomic E-state index is 11.2. The van der Waals surface area contributed by atoms with Crippen LogP contribution in [0.5, 0.6) is 0 Å². The number of non-ortho nitro benzene ring substituents is 2. The molecule has 30 heavy (non-hydrogen) atoms. The Morgan fingerprint density at radius 2 is 1.30 bits per heavy atom. The van der Waals surface area contributed by atoms with Crippen molar-refractivity contribution in [2.75, 3.05) is 11.1 Å². The average Bonchev–Trinajstić information content (AvgIpc) is 2.70. The molecule has 0 fully saturated rings. The first-order valence-corrected chi connectivity index (χ1v) is 10.0. The van der Waals surface area contributed by atoms with Crippen LogP contribution in [-0.2, 0) is 0 Å². The SMILES string of the molecule is Nc1c(Br)cc(Nc2c3ccc([N+](=O)[O-])cc3nc3cc([N+](=O)[O-])ccc23)cc1Br. The summed E-state index contributed by atoms with van der Waals surface area (Å²) >= 11 is 6.81. The van der Waals surface area contributed by atoms with Crippen LogP contribution < -0.4 is 11.1 Å². The van der Waals surface area contributed by atoms with E-state index in [2.05, 4.69) is 42.2 Å². The zero-order valence-electron chi connectivity index (χ0n) is 14.9. The molecule has 1 aromatic heterocycles. The van der Waals surface area contributed by atoms with Gasteiger partial charge in [0.15, 0.2) is 0 Å². The Kier molecular flexibility index (Phi) is 5.00. The third-order valence-electron chi connectivity index (χ3n) is 4.51. The van der Waals surface area contributed by atoms with Gasteiger partial charge in [0.05, 0.1) is 32.3 Å². The monoisotopic (exact) mass is 531 g/mol. The fourth-order valence-corrected chi connectivity index (χ4v) is 4.27.